The largest absolute Gasteiger partial charge is 0.326 e. The summed E-state index contributed by atoms with van der Waals surface area (Å²) in [7, 11) is -1.88. The fraction of sp³-hybridized carbons (Fsp3) is 0.571. The average Bonchev–Trinajstić information content (AvgIpc) is 2.40. The van der Waals surface area contributed by atoms with Crippen LogP contribution in [0.1, 0.15) is 31.4 Å². The van der Waals surface area contributed by atoms with Crippen molar-refractivity contribution in [1.82, 2.24) is 4.31 Å². The van der Waals surface area contributed by atoms with Gasteiger partial charge in [0.25, 0.3) is 0 Å². The second kappa shape index (κ2) is 7.02. The van der Waals surface area contributed by atoms with Gasteiger partial charge >= 0.3 is 0 Å². The SMILES string of the molecule is CCC(C)CN(C)S(=O)(=O)c1cc(CN)cc(C)c1Br. The smallest absolute Gasteiger partial charge is 0.243 e. The third-order valence-electron chi connectivity index (χ3n) is 3.47. The Morgan fingerprint density at radius 1 is 1.40 bits per heavy atom. The third kappa shape index (κ3) is 3.81. The van der Waals surface area contributed by atoms with E-state index >= 15 is 0 Å². The highest BCUT2D eigenvalue weighted by atomic mass is 79.9. The number of aryl methyl sites for hydroxylation is 1. The van der Waals surface area contributed by atoms with Crippen molar-refractivity contribution in [2.45, 2.75) is 38.6 Å². The van der Waals surface area contributed by atoms with Crippen LogP contribution in [0.3, 0.4) is 0 Å². The monoisotopic (exact) mass is 362 g/mol. The van der Waals surface area contributed by atoms with Crippen LogP contribution in [0.2, 0.25) is 0 Å². The first-order chi connectivity index (χ1) is 9.23. The van der Waals surface area contributed by atoms with Crippen LogP contribution in [0.4, 0.5) is 0 Å². The van der Waals surface area contributed by atoms with Crippen LogP contribution >= 0.6 is 15.9 Å². The minimum atomic E-state index is -3.50. The van der Waals surface area contributed by atoms with E-state index in [1.807, 2.05) is 19.9 Å². The van der Waals surface area contributed by atoms with E-state index in [-0.39, 0.29) is 0 Å². The zero-order valence-corrected chi connectivity index (χ0v) is 14.9. The fourth-order valence-corrected chi connectivity index (χ4v) is 4.27. The van der Waals surface area contributed by atoms with E-state index < -0.39 is 10.0 Å². The fourth-order valence-electron chi connectivity index (χ4n) is 1.95. The lowest BCUT2D eigenvalue weighted by Gasteiger charge is -2.22. The summed E-state index contributed by atoms with van der Waals surface area (Å²) in [6.45, 7) is 6.81. The van der Waals surface area contributed by atoms with Gasteiger partial charge in [0.2, 0.25) is 10.0 Å². The predicted octanol–water partition coefficient (Wildman–Crippen LogP) is 2.88. The summed E-state index contributed by atoms with van der Waals surface area (Å²) in [5.74, 6) is 0.326. The molecule has 0 fully saturated rings. The Balaban J connectivity index is 3.24. The molecule has 1 aromatic rings. The van der Waals surface area contributed by atoms with Crippen molar-refractivity contribution in [3.05, 3.63) is 27.7 Å². The second-order valence-electron chi connectivity index (χ2n) is 5.23. The molecule has 0 radical (unpaired) electrons. The molecule has 0 aromatic heterocycles. The van der Waals surface area contributed by atoms with Crippen molar-refractivity contribution in [3.8, 4) is 0 Å². The molecule has 0 aliphatic heterocycles. The number of nitrogens with two attached hydrogens (primary N) is 1. The van der Waals surface area contributed by atoms with Crippen LogP contribution in [0.15, 0.2) is 21.5 Å². The first-order valence-corrected chi connectivity index (χ1v) is 8.92. The highest BCUT2D eigenvalue weighted by Gasteiger charge is 2.25. The number of rotatable bonds is 6. The molecule has 0 bridgehead atoms. The van der Waals surface area contributed by atoms with E-state index in [9.17, 15) is 8.42 Å². The number of benzene rings is 1. The molecule has 0 spiro atoms. The maximum absolute atomic E-state index is 12.7. The van der Waals surface area contributed by atoms with Gasteiger partial charge in [-0.1, -0.05) is 26.3 Å². The molecule has 4 nitrogen and oxygen atoms in total. The number of hydrogen-bond acceptors (Lipinski definition) is 3. The van der Waals surface area contributed by atoms with E-state index in [2.05, 4.69) is 22.9 Å². The van der Waals surface area contributed by atoms with Crippen molar-refractivity contribution < 1.29 is 8.42 Å². The first-order valence-electron chi connectivity index (χ1n) is 6.69. The van der Waals surface area contributed by atoms with Gasteiger partial charge in [-0.25, -0.2) is 12.7 Å². The molecule has 2 N–H and O–H groups in total. The molecule has 0 saturated carbocycles. The van der Waals surface area contributed by atoms with Crippen LogP contribution < -0.4 is 5.73 Å². The number of nitrogens with zero attached hydrogens (tertiary/aromatic N) is 1. The van der Waals surface area contributed by atoms with Crippen LogP contribution in [0, 0.1) is 12.8 Å². The van der Waals surface area contributed by atoms with Crippen molar-refractivity contribution in [2.75, 3.05) is 13.6 Å². The molecule has 20 heavy (non-hydrogen) atoms. The number of hydrogen-bond donors (Lipinski definition) is 1. The van der Waals surface area contributed by atoms with Crippen LogP contribution in [-0.2, 0) is 16.6 Å². The normalized spacial score (nSPS) is 13.8. The molecule has 1 atom stereocenters. The van der Waals surface area contributed by atoms with Crippen molar-refractivity contribution in [2.24, 2.45) is 11.7 Å². The van der Waals surface area contributed by atoms with Gasteiger partial charge in [0.15, 0.2) is 0 Å². The molecule has 0 amide bonds. The van der Waals surface area contributed by atoms with Crippen molar-refractivity contribution in [3.63, 3.8) is 0 Å². The zero-order valence-electron chi connectivity index (χ0n) is 12.5. The number of sulfonamides is 1. The van der Waals surface area contributed by atoms with Crippen molar-refractivity contribution >= 4 is 26.0 Å². The van der Waals surface area contributed by atoms with E-state index in [0.29, 0.717) is 28.4 Å². The van der Waals surface area contributed by atoms with Gasteiger partial charge in [0.05, 0.1) is 4.90 Å². The van der Waals surface area contributed by atoms with Gasteiger partial charge in [0.1, 0.15) is 0 Å². The van der Waals surface area contributed by atoms with Crippen LogP contribution in [0.25, 0.3) is 0 Å². The van der Waals surface area contributed by atoms with Gasteiger partial charge in [-0.05, 0) is 46.0 Å². The number of halogens is 1. The van der Waals surface area contributed by atoms with E-state index in [1.165, 1.54) is 4.31 Å². The lowest BCUT2D eigenvalue weighted by atomic mass is 10.1. The minimum Gasteiger partial charge on any atom is -0.326 e. The Morgan fingerprint density at radius 2 is 2.00 bits per heavy atom. The topological polar surface area (TPSA) is 63.4 Å². The van der Waals surface area contributed by atoms with Gasteiger partial charge in [-0.2, -0.15) is 0 Å². The summed E-state index contributed by atoms with van der Waals surface area (Å²) in [6.07, 6.45) is 0.947. The van der Waals surface area contributed by atoms with E-state index in [1.54, 1.807) is 13.1 Å². The Hall–Kier alpha value is -0.430. The lowest BCUT2D eigenvalue weighted by molar-refractivity contribution is 0.393. The molecule has 1 unspecified atom stereocenters. The maximum atomic E-state index is 12.7. The summed E-state index contributed by atoms with van der Waals surface area (Å²) in [5.41, 5.74) is 7.33. The molecule has 6 heteroatoms. The molecule has 0 saturated heterocycles. The quantitative estimate of drug-likeness (QED) is 0.845. The Morgan fingerprint density at radius 3 is 2.50 bits per heavy atom. The first kappa shape index (κ1) is 17.6. The summed E-state index contributed by atoms with van der Waals surface area (Å²) in [4.78, 5) is 0.295. The van der Waals surface area contributed by atoms with Crippen molar-refractivity contribution in [1.29, 1.82) is 0 Å². The molecule has 1 aromatic carbocycles. The third-order valence-corrected chi connectivity index (χ3v) is 6.63. The van der Waals surface area contributed by atoms with Gasteiger partial charge in [-0.3, -0.25) is 0 Å². The summed E-state index contributed by atoms with van der Waals surface area (Å²) in [6, 6.07) is 3.55. The van der Waals surface area contributed by atoms with Gasteiger partial charge < -0.3 is 5.73 Å². The summed E-state index contributed by atoms with van der Waals surface area (Å²) >= 11 is 3.38. The molecular formula is C14H23BrN2O2S. The molecule has 0 heterocycles. The minimum absolute atomic E-state index is 0.295. The van der Waals surface area contributed by atoms with E-state index in [4.69, 9.17) is 5.73 Å². The van der Waals surface area contributed by atoms with E-state index in [0.717, 1.165) is 17.5 Å². The Bertz CT molecular complexity index is 573. The standard InChI is InChI=1S/C14H23BrN2O2S/c1-5-10(2)9-17(4)20(18,19)13-7-12(8-16)6-11(3)14(13)15/h6-7,10H,5,8-9,16H2,1-4H3. The highest BCUT2D eigenvalue weighted by molar-refractivity contribution is 9.10. The Kier molecular flexibility index (Phi) is 6.19. The molecule has 114 valence electrons. The Labute approximate surface area is 130 Å². The summed E-state index contributed by atoms with van der Waals surface area (Å²) < 4.78 is 27.4. The molecule has 0 aliphatic carbocycles. The highest BCUT2D eigenvalue weighted by Crippen LogP contribution is 2.29. The maximum Gasteiger partial charge on any atom is 0.243 e. The predicted molar refractivity (Wildman–Crippen MR) is 86.0 cm³/mol. The molecular weight excluding hydrogens is 340 g/mol. The van der Waals surface area contributed by atoms with Gasteiger partial charge in [0, 0.05) is 24.6 Å². The van der Waals surface area contributed by atoms with Gasteiger partial charge in [-0.15, -0.1) is 0 Å². The van der Waals surface area contributed by atoms with Crippen LogP contribution in [-0.4, -0.2) is 26.3 Å². The average molecular weight is 363 g/mol. The second-order valence-corrected chi connectivity index (χ2v) is 8.03. The molecule has 0 aliphatic rings. The lowest BCUT2D eigenvalue weighted by Crippen LogP contribution is -2.31. The van der Waals surface area contributed by atoms with Crippen LogP contribution in [0.5, 0.6) is 0 Å². The molecule has 1 rings (SSSR count). The summed E-state index contributed by atoms with van der Waals surface area (Å²) in [5, 5.41) is 0. The zero-order chi connectivity index (χ0) is 15.5.